The second kappa shape index (κ2) is 2.14. The van der Waals surface area contributed by atoms with E-state index < -0.39 is 0 Å². The zero-order chi connectivity index (χ0) is 8.72. The highest BCUT2D eigenvalue weighted by molar-refractivity contribution is 5.89. The first-order valence-corrected chi connectivity index (χ1v) is 3.54. The Labute approximate surface area is 68.2 Å². The molecule has 62 valence electrons. The van der Waals surface area contributed by atoms with Crippen LogP contribution >= 0.6 is 0 Å². The van der Waals surface area contributed by atoms with Gasteiger partial charge >= 0.3 is 5.63 Å². The van der Waals surface area contributed by atoms with Crippen molar-refractivity contribution >= 4 is 16.6 Å². The monoisotopic (exact) mass is 164 g/mol. The molecule has 1 heterocycles. The smallest absolute Gasteiger partial charge is 0.367 e. The van der Waals surface area contributed by atoms with Crippen LogP contribution in [0.3, 0.4) is 0 Å². The van der Waals surface area contributed by atoms with Gasteiger partial charge in [0.1, 0.15) is 5.39 Å². The lowest BCUT2D eigenvalue weighted by molar-refractivity contribution is 0.296. The molecular formula is C8H8N2O2. The first-order valence-electron chi connectivity index (χ1n) is 3.54. The fourth-order valence-corrected chi connectivity index (χ4v) is 1.26. The molecule has 0 fully saturated rings. The van der Waals surface area contributed by atoms with E-state index in [0.29, 0.717) is 11.1 Å². The Morgan fingerprint density at radius 3 is 2.92 bits per heavy atom. The molecule has 2 rings (SSSR count). The molecule has 1 aromatic carbocycles. The third-order valence-electron chi connectivity index (χ3n) is 1.84. The van der Waals surface area contributed by atoms with Gasteiger partial charge in [0.2, 0.25) is 0 Å². The molecule has 0 bridgehead atoms. The minimum absolute atomic E-state index is 0.384. The van der Waals surface area contributed by atoms with Crippen LogP contribution < -0.4 is 11.4 Å². The van der Waals surface area contributed by atoms with Gasteiger partial charge in [0.05, 0.1) is 5.52 Å². The van der Waals surface area contributed by atoms with E-state index >= 15 is 0 Å². The molecule has 0 atom stereocenters. The number of hydrogen-bond donors (Lipinski definition) is 1. The van der Waals surface area contributed by atoms with Crippen LogP contribution in [0.1, 0.15) is 0 Å². The molecule has 0 aliphatic carbocycles. The van der Waals surface area contributed by atoms with Gasteiger partial charge in [0.25, 0.3) is 0 Å². The third kappa shape index (κ3) is 0.747. The van der Waals surface area contributed by atoms with Gasteiger partial charge in [0.15, 0.2) is 0 Å². The van der Waals surface area contributed by atoms with Gasteiger partial charge in [0, 0.05) is 12.7 Å². The van der Waals surface area contributed by atoms with Crippen LogP contribution in [0.25, 0.3) is 10.9 Å². The first kappa shape index (κ1) is 6.97. The number of anilines is 1. The zero-order valence-electron chi connectivity index (χ0n) is 6.57. The predicted molar refractivity (Wildman–Crippen MR) is 45.9 cm³/mol. The fourth-order valence-electron chi connectivity index (χ4n) is 1.26. The van der Waals surface area contributed by atoms with Gasteiger partial charge in [-0.3, -0.25) is 0 Å². The normalized spacial score (nSPS) is 10.8. The van der Waals surface area contributed by atoms with Gasteiger partial charge in [-0.2, -0.15) is 0 Å². The van der Waals surface area contributed by atoms with E-state index in [1.807, 2.05) is 0 Å². The Balaban J connectivity index is 3.09. The number of aromatic nitrogens is 1. The molecule has 0 spiro atoms. The molecule has 0 saturated carbocycles. The number of nitrogens with two attached hydrogens (primary N) is 1. The molecule has 2 N–H and O–H groups in total. The Morgan fingerprint density at radius 1 is 1.50 bits per heavy atom. The molecule has 2 aromatic rings. The van der Waals surface area contributed by atoms with Crippen LogP contribution in [0.15, 0.2) is 27.5 Å². The van der Waals surface area contributed by atoms with Crippen molar-refractivity contribution in [3.63, 3.8) is 0 Å². The average Bonchev–Trinajstić information content (AvgIpc) is 2.29. The maximum atomic E-state index is 11.2. The largest absolute Gasteiger partial charge is 0.398 e. The Kier molecular flexibility index (Phi) is 1.24. The third-order valence-corrected chi connectivity index (χ3v) is 1.84. The van der Waals surface area contributed by atoms with Crippen molar-refractivity contribution in [2.75, 3.05) is 5.73 Å². The van der Waals surface area contributed by atoms with E-state index in [4.69, 9.17) is 10.3 Å². The summed E-state index contributed by atoms with van der Waals surface area (Å²) in [6.07, 6.45) is 0. The quantitative estimate of drug-likeness (QED) is 0.583. The molecule has 0 unspecified atom stereocenters. The van der Waals surface area contributed by atoms with E-state index in [1.54, 1.807) is 25.2 Å². The molecule has 0 aliphatic rings. The number of nitrogen functional groups attached to an aromatic ring is 1. The molecular weight excluding hydrogens is 156 g/mol. The summed E-state index contributed by atoms with van der Waals surface area (Å²) >= 11 is 0. The summed E-state index contributed by atoms with van der Waals surface area (Å²) in [5.41, 5.74) is 6.40. The summed E-state index contributed by atoms with van der Waals surface area (Å²) in [6.45, 7) is 0. The summed E-state index contributed by atoms with van der Waals surface area (Å²) in [4.78, 5) is 11.2. The van der Waals surface area contributed by atoms with E-state index in [9.17, 15) is 4.79 Å². The summed E-state index contributed by atoms with van der Waals surface area (Å²) in [5.74, 6) is 0. The lowest BCUT2D eigenvalue weighted by Gasteiger charge is -1.92. The fraction of sp³-hybridized carbons (Fsp3) is 0.125. The highest BCUT2D eigenvalue weighted by Gasteiger charge is 2.07. The molecule has 4 heteroatoms. The summed E-state index contributed by atoms with van der Waals surface area (Å²) in [7, 11) is 1.67. The van der Waals surface area contributed by atoms with Crippen molar-refractivity contribution in [1.82, 2.24) is 4.74 Å². The number of rotatable bonds is 0. The Hall–Kier alpha value is -1.71. The van der Waals surface area contributed by atoms with Crippen LogP contribution in [-0.4, -0.2) is 4.74 Å². The molecule has 0 aliphatic heterocycles. The van der Waals surface area contributed by atoms with Gasteiger partial charge in [-0.05, 0) is 12.1 Å². The van der Waals surface area contributed by atoms with Crippen LogP contribution in [0.4, 0.5) is 5.69 Å². The van der Waals surface area contributed by atoms with Crippen LogP contribution in [-0.2, 0) is 7.05 Å². The van der Waals surface area contributed by atoms with E-state index in [0.717, 1.165) is 5.52 Å². The molecule has 4 nitrogen and oxygen atoms in total. The minimum Gasteiger partial charge on any atom is -0.398 e. The Bertz CT molecular complexity index is 481. The van der Waals surface area contributed by atoms with Crippen molar-refractivity contribution in [3.8, 4) is 0 Å². The van der Waals surface area contributed by atoms with Crippen molar-refractivity contribution in [3.05, 3.63) is 28.6 Å². The maximum Gasteiger partial charge on any atom is 0.367 e. The van der Waals surface area contributed by atoms with Crippen LogP contribution in [0.2, 0.25) is 0 Å². The van der Waals surface area contributed by atoms with E-state index in [-0.39, 0.29) is 5.63 Å². The van der Waals surface area contributed by atoms with Gasteiger partial charge in [-0.15, -0.1) is 0 Å². The van der Waals surface area contributed by atoms with Gasteiger partial charge in [-0.25, -0.2) is 9.53 Å². The first-order chi connectivity index (χ1) is 5.70. The highest BCUT2D eigenvalue weighted by atomic mass is 16.5. The number of nitrogens with zero attached hydrogens (tertiary/aromatic N) is 1. The Morgan fingerprint density at radius 2 is 2.25 bits per heavy atom. The molecule has 0 saturated heterocycles. The van der Waals surface area contributed by atoms with Crippen LogP contribution in [0.5, 0.6) is 0 Å². The highest BCUT2D eigenvalue weighted by Crippen LogP contribution is 2.16. The maximum absolute atomic E-state index is 11.2. The van der Waals surface area contributed by atoms with Gasteiger partial charge in [-0.1, -0.05) is 6.07 Å². The average molecular weight is 164 g/mol. The number of fused-ring (bicyclic) bond motifs is 1. The molecule has 0 radical (unpaired) electrons. The second-order valence-electron chi connectivity index (χ2n) is 2.62. The minimum atomic E-state index is -0.384. The van der Waals surface area contributed by atoms with Gasteiger partial charge < -0.3 is 10.3 Å². The summed E-state index contributed by atoms with van der Waals surface area (Å²) in [5, 5.41) is 0.458. The molecule has 12 heavy (non-hydrogen) atoms. The molecule has 1 aromatic heterocycles. The lowest BCUT2D eigenvalue weighted by atomic mass is 10.2. The summed E-state index contributed by atoms with van der Waals surface area (Å²) in [6, 6.07) is 5.25. The SMILES string of the molecule is Cn1oc(=O)c2c(N)cccc21. The van der Waals surface area contributed by atoms with E-state index in [2.05, 4.69) is 0 Å². The van der Waals surface area contributed by atoms with Crippen molar-refractivity contribution in [2.24, 2.45) is 7.05 Å². The standard InChI is InChI=1S/C8H8N2O2/c1-10-6-4-2-3-5(9)7(6)8(11)12-10/h2-4H,9H2,1H3. The van der Waals surface area contributed by atoms with E-state index in [1.165, 1.54) is 4.74 Å². The predicted octanol–water partition coefficient (Wildman–Crippen LogP) is 0.714. The topological polar surface area (TPSA) is 61.2 Å². The zero-order valence-corrected chi connectivity index (χ0v) is 6.57. The van der Waals surface area contributed by atoms with Crippen molar-refractivity contribution < 1.29 is 4.52 Å². The number of aryl methyl sites for hydroxylation is 1. The van der Waals surface area contributed by atoms with Crippen LogP contribution in [0, 0.1) is 0 Å². The lowest BCUT2D eigenvalue weighted by Crippen LogP contribution is -1.96. The van der Waals surface area contributed by atoms with Crippen molar-refractivity contribution in [2.45, 2.75) is 0 Å². The number of benzene rings is 1. The number of hydrogen-bond acceptors (Lipinski definition) is 3. The van der Waals surface area contributed by atoms with Crippen molar-refractivity contribution in [1.29, 1.82) is 0 Å². The molecule has 0 amide bonds. The second-order valence-corrected chi connectivity index (χ2v) is 2.62. The summed E-state index contributed by atoms with van der Waals surface area (Å²) < 4.78 is 6.24.